The Labute approximate surface area is 104 Å². The van der Waals surface area contributed by atoms with Crippen LogP contribution in [0.2, 0.25) is 5.28 Å². The van der Waals surface area contributed by atoms with Gasteiger partial charge in [-0.15, -0.1) is 0 Å². The van der Waals surface area contributed by atoms with Crippen molar-refractivity contribution in [2.45, 2.75) is 13.8 Å². The Morgan fingerprint density at radius 1 is 1.18 bits per heavy atom. The smallest absolute Gasteiger partial charge is 0.247 e. The van der Waals surface area contributed by atoms with Crippen LogP contribution in [0.3, 0.4) is 0 Å². The average molecular weight is 250 g/mol. The monoisotopic (exact) mass is 249 g/mol. The van der Waals surface area contributed by atoms with Crippen molar-refractivity contribution in [2.24, 2.45) is 0 Å². The third-order valence-corrected chi connectivity index (χ3v) is 2.54. The van der Waals surface area contributed by atoms with E-state index < -0.39 is 0 Å². The minimum Gasteiger partial charge on any atom is -0.437 e. The van der Waals surface area contributed by atoms with E-state index in [0.29, 0.717) is 17.1 Å². The number of ether oxygens (including phenoxy) is 1. The molecule has 0 atom stereocenters. The van der Waals surface area contributed by atoms with Crippen molar-refractivity contribution in [1.29, 1.82) is 0 Å². The van der Waals surface area contributed by atoms with Crippen LogP contribution in [0.1, 0.15) is 11.3 Å². The molecule has 1 heterocycles. The predicted octanol–water partition coefficient (Wildman–Crippen LogP) is 3.12. The molecule has 0 aliphatic rings. The van der Waals surface area contributed by atoms with Crippen molar-refractivity contribution in [3.05, 3.63) is 40.8 Å². The summed E-state index contributed by atoms with van der Waals surface area (Å²) in [4.78, 5) is 7.92. The highest BCUT2D eigenvalue weighted by Gasteiger charge is 2.10. The fourth-order valence-electron chi connectivity index (χ4n) is 1.38. The molecule has 0 aliphatic carbocycles. The first-order chi connectivity index (χ1) is 8.08. The number of nitrogen functional groups attached to an aromatic ring is 1. The van der Waals surface area contributed by atoms with E-state index in [9.17, 15) is 0 Å². The maximum atomic E-state index is 5.84. The van der Waals surface area contributed by atoms with E-state index in [2.05, 4.69) is 9.97 Å². The highest BCUT2D eigenvalue weighted by atomic mass is 35.5. The van der Waals surface area contributed by atoms with Crippen LogP contribution in [0.4, 0.5) is 5.69 Å². The Morgan fingerprint density at radius 3 is 2.59 bits per heavy atom. The maximum Gasteiger partial charge on any atom is 0.247 e. The molecule has 0 unspecified atom stereocenters. The number of halogens is 1. The molecule has 1 aromatic heterocycles. The van der Waals surface area contributed by atoms with Gasteiger partial charge < -0.3 is 10.5 Å². The van der Waals surface area contributed by atoms with Crippen molar-refractivity contribution in [3.8, 4) is 11.6 Å². The molecule has 2 N–H and O–H groups in total. The lowest BCUT2D eigenvalue weighted by atomic mass is 10.2. The zero-order valence-electron chi connectivity index (χ0n) is 9.57. The van der Waals surface area contributed by atoms with E-state index in [-0.39, 0.29) is 11.2 Å². The summed E-state index contributed by atoms with van der Waals surface area (Å²) in [6.07, 6.45) is 0. The number of nitrogens with zero attached hydrogens (tertiary/aromatic N) is 2. The van der Waals surface area contributed by atoms with Crippen LogP contribution in [0.15, 0.2) is 24.3 Å². The summed E-state index contributed by atoms with van der Waals surface area (Å²) in [6.45, 7) is 3.70. The van der Waals surface area contributed by atoms with Crippen LogP contribution in [-0.2, 0) is 0 Å². The number of benzene rings is 1. The number of aromatic nitrogens is 2. The quantitative estimate of drug-likeness (QED) is 0.831. The zero-order valence-corrected chi connectivity index (χ0v) is 10.3. The second-order valence-corrected chi connectivity index (χ2v) is 4.00. The van der Waals surface area contributed by atoms with Crippen LogP contribution in [0.5, 0.6) is 11.6 Å². The molecule has 1 aromatic carbocycles. The summed E-state index contributed by atoms with van der Waals surface area (Å²) in [7, 11) is 0. The number of aryl methyl sites for hydroxylation is 2. The van der Waals surface area contributed by atoms with E-state index in [4.69, 9.17) is 22.1 Å². The van der Waals surface area contributed by atoms with Crippen molar-refractivity contribution in [1.82, 2.24) is 9.97 Å². The van der Waals surface area contributed by atoms with Crippen LogP contribution in [0, 0.1) is 13.8 Å². The summed E-state index contributed by atoms with van der Waals surface area (Å²) in [5.41, 5.74) is 7.85. The Hall–Kier alpha value is -1.81. The molecule has 0 aliphatic heterocycles. The van der Waals surface area contributed by atoms with Gasteiger partial charge in [-0.25, -0.2) is 4.98 Å². The maximum absolute atomic E-state index is 5.84. The lowest BCUT2D eigenvalue weighted by molar-refractivity contribution is 0.460. The summed E-state index contributed by atoms with van der Waals surface area (Å²) >= 11 is 5.77. The number of anilines is 1. The summed E-state index contributed by atoms with van der Waals surface area (Å²) < 4.78 is 5.64. The average Bonchev–Trinajstić information content (AvgIpc) is 2.28. The van der Waals surface area contributed by atoms with Crippen LogP contribution < -0.4 is 10.5 Å². The molecule has 0 bridgehead atoms. The molecule has 17 heavy (non-hydrogen) atoms. The molecule has 88 valence electrons. The molecule has 0 spiro atoms. The van der Waals surface area contributed by atoms with Gasteiger partial charge in [-0.3, -0.25) is 0 Å². The first-order valence-electron chi connectivity index (χ1n) is 5.11. The van der Waals surface area contributed by atoms with E-state index >= 15 is 0 Å². The third kappa shape index (κ3) is 2.47. The second-order valence-electron chi connectivity index (χ2n) is 3.66. The Bertz CT molecular complexity index is 557. The van der Waals surface area contributed by atoms with E-state index in [1.54, 1.807) is 6.92 Å². The van der Waals surface area contributed by atoms with Gasteiger partial charge in [0.15, 0.2) is 0 Å². The van der Waals surface area contributed by atoms with Gasteiger partial charge >= 0.3 is 0 Å². The Kier molecular flexibility index (Phi) is 3.15. The van der Waals surface area contributed by atoms with Gasteiger partial charge in [0.1, 0.15) is 11.4 Å². The minimum absolute atomic E-state index is 0.125. The standard InChI is InChI=1S/C12H12ClN3O/c1-7-5-3-4-6-9(7)17-11-10(14)8(2)15-12(13)16-11/h3-6H,14H2,1-2H3. The minimum atomic E-state index is 0.125. The summed E-state index contributed by atoms with van der Waals surface area (Å²) in [6, 6.07) is 7.61. The van der Waals surface area contributed by atoms with Crippen LogP contribution >= 0.6 is 11.6 Å². The predicted molar refractivity (Wildman–Crippen MR) is 67.4 cm³/mol. The SMILES string of the molecule is Cc1ccccc1Oc1nc(Cl)nc(C)c1N. The number of hydrogen-bond acceptors (Lipinski definition) is 4. The van der Waals surface area contributed by atoms with Crippen LogP contribution in [-0.4, -0.2) is 9.97 Å². The van der Waals surface area contributed by atoms with Gasteiger partial charge in [-0.1, -0.05) is 18.2 Å². The normalized spacial score (nSPS) is 10.3. The van der Waals surface area contributed by atoms with Gasteiger partial charge in [-0.05, 0) is 37.1 Å². The van der Waals surface area contributed by atoms with Gasteiger partial charge in [0.05, 0.1) is 5.69 Å². The second kappa shape index (κ2) is 4.59. The Balaban J connectivity index is 2.40. The number of para-hydroxylation sites is 1. The molecule has 0 saturated heterocycles. The van der Waals surface area contributed by atoms with Crippen LogP contribution in [0.25, 0.3) is 0 Å². The highest BCUT2D eigenvalue weighted by molar-refractivity contribution is 6.28. The van der Waals surface area contributed by atoms with Crippen molar-refractivity contribution in [2.75, 3.05) is 5.73 Å². The topological polar surface area (TPSA) is 61.0 Å². The van der Waals surface area contributed by atoms with Gasteiger partial charge in [0.25, 0.3) is 0 Å². The molecule has 0 fully saturated rings. The zero-order chi connectivity index (χ0) is 12.4. The van der Waals surface area contributed by atoms with Gasteiger partial charge in [-0.2, -0.15) is 4.98 Å². The van der Waals surface area contributed by atoms with Gasteiger partial charge in [0.2, 0.25) is 11.2 Å². The van der Waals surface area contributed by atoms with E-state index in [0.717, 1.165) is 5.56 Å². The van der Waals surface area contributed by atoms with Gasteiger partial charge in [0, 0.05) is 0 Å². The van der Waals surface area contributed by atoms with Crippen molar-refractivity contribution in [3.63, 3.8) is 0 Å². The fraction of sp³-hybridized carbons (Fsp3) is 0.167. The largest absolute Gasteiger partial charge is 0.437 e. The van der Waals surface area contributed by atoms with Crippen molar-refractivity contribution >= 4 is 17.3 Å². The number of rotatable bonds is 2. The number of nitrogens with two attached hydrogens (primary N) is 1. The lowest BCUT2D eigenvalue weighted by Gasteiger charge is -2.10. The first-order valence-corrected chi connectivity index (χ1v) is 5.49. The molecular formula is C12H12ClN3O. The Morgan fingerprint density at radius 2 is 1.88 bits per heavy atom. The lowest BCUT2D eigenvalue weighted by Crippen LogP contribution is -2.01. The first kappa shape index (κ1) is 11.7. The number of hydrogen-bond donors (Lipinski definition) is 1. The molecule has 0 amide bonds. The molecule has 2 aromatic rings. The van der Waals surface area contributed by atoms with E-state index in [1.165, 1.54) is 0 Å². The van der Waals surface area contributed by atoms with Crippen molar-refractivity contribution < 1.29 is 4.74 Å². The third-order valence-electron chi connectivity index (χ3n) is 2.37. The molecule has 0 radical (unpaired) electrons. The molecule has 4 nitrogen and oxygen atoms in total. The summed E-state index contributed by atoms with van der Waals surface area (Å²) in [5.74, 6) is 0.991. The fourth-order valence-corrected chi connectivity index (χ4v) is 1.58. The van der Waals surface area contributed by atoms with E-state index in [1.807, 2.05) is 31.2 Å². The molecule has 2 rings (SSSR count). The molecule has 0 saturated carbocycles. The summed E-state index contributed by atoms with van der Waals surface area (Å²) in [5, 5.41) is 0.125. The molecule has 5 heteroatoms. The highest BCUT2D eigenvalue weighted by Crippen LogP contribution is 2.29. The molecular weight excluding hydrogens is 238 g/mol.